The Hall–Kier alpha value is -1.39. The van der Waals surface area contributed by atoms with Crippen molar-refractivity contribution in [3.8, 4) is 0 Å². The number of fused-ring (bicyclic) bond motifs is 1. The van der Waals surface area contributed by atoms with Crippen LogP contribution in [0.1, 0.15) is 30.1 Å². The van der Waals surface area contributed by atoms with Crippen LogP contribution in [0, 0.1) is 0 Å². The number of hydrogen-bond acceptors (Lipinski definition) is 2. The third-order valence-corrected chi connectivity index (χ3v) is 4.52. The van der Waals surface area contributed by atoms with Gasteiger partial charge in [-0.15, -0.1) is 0 Å². The Labute approximate surface area is 132 Å². The summed E-state index contributed by atoms with van der Waals surface area (Å²) in [6, 6.07) is 11.7. The summed E-state index contributed by atoms with van der Waals surface area (Å²) in [7, 11) is 0. The number of rotatable bonds is 3. The van der Waals surface area contributed by atoms with Crippen molar-refractivity contribution in [1.29, 1.82) is 0 Å². The second kappa shape index (κ2) is 5.43. The van der Waals surface area contributed by atoms with Crippen LogP contribution in [0.15, 0.2) is 40.9 Å². The summed E-state index contributed by atoms with van der Waals surface area (Å²) in [4.78, 5) is 14.2. The predicted molar refractivity (Wildman–Crippen MR) is 87.4 cm³/mol. The van der Waals surface area contributed by atoms with Gasteiger partial charge in [0.25, 0.3) is 5.91 Å². The fourth-order valence-electron chi connectivity index (χ4n) is 2.96. The van der Waals surface area contributed by atoms with E-state index < -0.39 is 5.60 Å². The van der Waals surface area contributed by atoms with Gasteiger partial charge in [-0.3, -0.25) is 4.79 Å². The van der Waals surface area contributed by atoms with Gasteiger partial charge in [-0.05, 0) is 41.5 Å². The Morgan fingerprint density at radius 2 is 1.90 bits per heavy atom. The van der Waals surface area contributed by atoms with Crippen LogP contribution in [0.25, 0.3) is 10.8 Å². The highest BCUT2D eigenvalue weighted by atomic mass is 79.9. The molecular formula is C17H18BrNO2. The number of likely N-dealkylation sites (tertiary alicyclic amines) is 1. The fourth-order valence-corrected chi connectivity index (χ4v) is 3.34. The minimum Gasteiger partial charge on any atom is -0.386 e. The maximum Gasteiger partial charge on any atom is 0.254 e. The van der Waals surface area contributed by atoms with E-state index in [-0.39, 0.29) is 5.91 Å². The van der Waals surface area contributed by atoms with E-state index in [1.54, 1.807) is 4.90 Å². The number of β-amino-alcohol motifs (C(OH)–C–C–N with tert-alkyl or cyclic N) is 1. The van der Waals surface area contributed by atoms with Gasteiger partial charge >= 0.3 is 0 Å². The lowest BCUT2D eigenvalue weighted by atomic mass is 9.88. The molecule has 1 aliphatic rings. The largest absolute Gasteiger partial charge is 0.386 e. The first-order valence-electron chi connectivity index (χ1n) is 7.22. The van der Waals surface area contributed by atoms with Gasteiger partial charge in [0, 0.05) is 10.0 Å². The van der Waals surface area contributed by atoms with Crippen molar-refractivity contribution >= 4 is 32.6 Å². The van der Waals surface area contributed by atoms with Gasteiger partial charge in [-0.25, -0.2) is 0 Å². The van der Waals surface area contributed by atoms with E-state index >= 15 is 0 Å². The highest BCUT2D eigenvalue weighted by molar-refractivity contribution is 9.10. The highest BCUT2D eigenvalue weighted by Crippen LogP contribution is 2.28. The Balaban J connectivity index is 1.78. The van der Waals surface area contributed by atoms with Gasteiger partial charge in [0.1, 0.15) is 0 Å². The molecule has 3 nitrogen and oxygen atoms in total. The highest BCUT2D eigenvalue weighted by Gasteiger charge is 2.42. The first kappa shape index (κ1) is 14.5. The number of nitrogens with zero attached hydrogens (tertiary/aromatic N) is 1. The number of amides is 1. The molecule has 0 atom stereocenters. The van der Waals surface area contributed by atoms with Crippen LogP contribution in [0.4, 0.5) is 0 Å². The van der Waals surface area contributed by atoms with Crippen LogP contribution in [0.3, 0.4) is 0 Å². The van der Waals surface area contributed by atoms with Crippen LogP contribution in [-0.2, 0) is 0 Å². The van der Waals surface area contributed by atoms with Gasteiger partial charge in [0.05, 0.1) is 18.7 Å². The van der Waals surface area contributed by atoms with Crippen LogP contribution < -0.4 is 0 Å². The second-order valence-corrected chi connectivity index (χ2v) is 6.76. The molecule has 4 heteroatoms. The quantitative estimate of drug-likeness (QED) is 0.921. The normalized spacial score (nSPS) is 16.8. The molecule has 110 valence electrons. The molecule has 2 aromatic carbocycles. The monoisotopic (exact) mass is 347 g/mol. The molecule has 0 radical (unpaired) electrons. The van der Waals surface area contributed by atoms with Crippen molar-refractivity contribution in [2.24, 2.45) is 0 Å². The molecule has 0 spiro atoms. The topological polar surface area (TPSA) is 40.5 Å². The van der Waals surface area contributed by atoms with E-state index in [2.05, 4.69) is 15.9 Å². The summed E-state index contributed by atoms with van der Waals surface area (Å²) >= 11 is 3.45. The summed E-state index contributed by atoms with van der Waals surface area (Å²) in [5.41, 5.74) is 0.00920. The minimum atomic E-state index is -0.674. The first-order chi connectivity index (χ1) is 10.0. The maximum atomic E-state index is 12.4. The number of aliphatic hydroxyl groups is 1. The SMILES string of the molecule is CCCC1(O)CN(C(=O)c2ccc3cc(Br)ccc3c2)C1. The zero-order valence-electron chi connectivity index (χ0n) is 12.0. The van der Waals surface area contributed by atoms with Crippen molar-refractivity contribution in [2.75, 3.05) is 13.1 Å². The molecule has 0 unspecified atom stereocenters. The standard InChI is InChI=1S/C17H18BrNO2/c1-2-7-17(21)10-19(11-17)16(20)14-4-3-13-9-15(18)6-5-12(13)8-14/h3-6,8-9,21H,2,7,10-11H2,1H3. The number of benzene rings is 2. The second-order valence-electron chi connectivity index (χ2n) is 5.84. The molecule has 1 aliphatic heterocycles. The van der Waals surface area contributed by atoms with E-state index in [1.807, 2.05) is 43.3 Å². The van der Waals surface area contributed by atoms with Crippen LogP contribution in [0.5, 0.6) is 0 Å². The van der Waals surface area contributed by atoms with Crippen molar-refractivity contribution < 1.29 is 9.90 Å². The predicted octanol–water partition coefficient (Wildman–Crippen LogP) is 3.59. The Morgan fingerprint density at radius 1 is 1.24 bits per heavy atom. The van der Waals surface area contributed by atoms with Gasteiger partial charge in [-0.1, -0.05) is 41.4 Å². The molecule has 0 aliphatic carbocycles. The van der Waals surface area contributed by atoms with Crippen molar-refractivity contribution in [3.05, 3.63) is 46.4 Å². The molecule has 1 heterocycles. The van der Waals surface area contributed by atoms with Gasteiger partial charge < -0.3 is 10.0 Å². The third-order valence-electron chi connectivity index (χ3n) is 4.02. The first-order valence-corrected chi connectivity index (χ1v) is 8.01. The van der Waals surface area contributed by atoms with Crippen LogP contribution in [-0.4, -0.2) is 34.6 Å². The smallest absolute Gasteiger partial charge is 0.254 e. The molecule has 21 heavy (non-hydrogen) atoms. The molecule has 1 N–H and O–H groups in total. The number of halogens is 1. The van der Waals surface area contributed by atoms with E-state index in [4.69, 9.17) is 0 Å². The van der Waals surface area contributed by atoms with Crippen molar-refractivity contribution in [3.63, 3.8) is 0 Å². The van der Waals surface area contributed by atoms with E-state index in [1.165, 1.54) is 0 Å². The number of carbonyl (C=O) groups excluding carboxylic acids is 1. The molecule has 0 aromatic heterocycles. The summed E-state index contributed by atoms with van der Waals surface area (Å²) in [6.07, 6.45) is 1.69. The molecule has 1 saturated heterocycles. The average Bonchev–Trinajstić information content (AvgIpc) is 2.43. The zero-order chi connectivity index (χ0) is 15.0. The van der Waals surface area contributed by atoms with Crippen LogP contribution >= 0.6 is 15.9 Å². The third kappa shape index (κ3) is 2.83. The van der Waals surface area contributed by atoms with Crippen molar-refractivity contribution in [2.45, 2.75) is 25.4 Å². The lowest BCUT2D eigenvalue weighted by Gasteiger charge is -2.46. The lowest BCUT2D eigenvalue weighted by Crippen LogP contribution is -2.63. The molecule has 1 amide bonds. The molecule has 3 rings (SSSR count). The molecule has 0 saturated carbocycles. The van der Waals surface area contributed by atoms with E-state index in [0.29, 0.717) is 18.7 Å². The average molecular weight is 348 g/mol. The summed E-state index contributed by atoms with van der Waals surface area (Å²) in [5, 5.41) is 12.3. The van der Waals surface area contributed by atoms with Crippen LogP contribution in [0.2, 0.25) is 0 Å². The maximum absolute atomic E-state index is 12.4. The van der Waals surface area contributed by atoms with E-state index in [0.717, 1.165) is 28.1 Å². The molecule has 0 bridgehead atoms. The van der Waals surface area contributed by atoms with Gasteiger partial charge in [0.2, 0.25) is 0 Å². The van der Waals surface area contributed by atoms with Crippen molar-refractivity contribution in [1.82, 2.24) is 4.90 Å². The fraction of sp³-hybridized carbons (Fsp3) is 0.353. The molecule has 2 aromatic rings. The Bertz CT molecular complexity index is 692. The minimum absolute atomic E-state index is 0.000553. The number of hydrogen-bond donors (Lipinski definition) is 1. The zero-order valence-corrected chi connectivity index (χ0v) is 13.6. The Kier molecular flexibility index (Phi) is 3.76. The van der Waals surface area contributed by atoms with Gasteiger partial charge in [-0.2, -0.15) is 0 Å². The molecular weight excluding hydrogens is 330 g/mol. The number of carbonyl (C=O) groups is 1. The summed E-state index contributed by atoms with van der Waals surface area (Å²) in [6.45, 7) is 2.93. The molecule has 1 fully saturated rings. The van der Waals surface area contributed by atoms with Gasteiger partial charge in [0.15, 0.2) is 0 Å². The summed E-state index contributed by atoms with van der Waals surface area (Å²) < 4.78 is 1.03. The lowest BCUT2D eigenvalue weighted by molar-refractivity contribution is -0.0860. The summed E-state index contributed by atoms with van der Waals surface area (Å²) in [5.74, 6) is 0.000553. The Morgan fingerprint density at radius 3 is 2.62 bits per heavy atom. The van der Waals surface area contributed by atoms with E-state index in [9.17, 15) is 9.90 Å².